The number of rotatable bonds is 4. The lowest BCUT2D eigenvalue weighted by Gasteiger charge is -2.08. The molecule has 0 saturated heterocycles. The summed E-state index contributed by atoms with van der Waals surface area (Å²) >= 11 is 0. The van der Waals surface area contributed by atoms with Gasteiger partial charge in [0, 0.05) is 31.5 Å². The van der Waals surface area contributed by atoms with Gasteiger partial charge in [0.1, 0.15) is 5.52 Å². The number of aromatic amines is 1. The van der Waals surface area contributed by atoms with Crippen molar-refractivity contribution in [3.63, 3.8) is 0 Å². The van der Waals surface area contributed by atoms with Crippen LogP contribution in [0.3, 0.4) is 0 Å². The third-order valence-corrected chi connectivity index (χ3v) is 4.72. The molecule has 0 radical (unpaired) electrons. The Kier molecular flexibility index (Phi) is 5.00. The van der Waals surface area contributed by atoms with E-state index in [1.807, 2.05) is 0 Å². The molecule has 0 unspecified atom stereocenters. The molecule has 2 aromatic heterocycles. The second-order valence-corrected chi connectivity index (χ2v) is 7.00. The Morgan fingerprint density at radius 2 is 1.61 bits per heavy atom. The highest BCUT2D eigenvalue weighted by Gasteiger charge is 2.20. The van der Waals surface area contributed by atoms with E-state index >= 15 is 0 Å². The lowest BCUT2D eigenvalue weighted by Crippen LogP contribution is -2.34. The Hall–Kier alpha value is -4.40. The third-order valence-electron chi connectivity index (χ3n) is 4.72. The number of carbonyl (C=O) groups excluding carboxylic acids is 2. The van der Waals surface area contributed by atoms with E-state index in [1.54, 1.807) is 61.6 Å². The molecule has 156 valence electrons. The fourth-order valence-corrected chi connectivity index (χ4v) is 3.43. The van der Waals surface area contributed by atoms with Crippen LogP contribution in [0.2, 0.25) is 0 Å². The lowest BCUT2D eigenvalue weighted by molar-refractivity contribution is -0.114. The number of anilines is 2. The zero-order valence-electron chi connectivity index (χ0n) is 16.8. The molecule has 2 heterocycles. The number of aryl methyl sites for hydroxylation is 1. The number of carbonyl (C=O) groups is 2. The van der Waals surface area contributed by atoms with Crippen molar-refractivity contribution in [1.82, 2.24) is 14.1 Å². The molecule has 0 atom stereocenters. The van der Waals surface area contributed by atoms with Crippen molar-refractivity contribution in [2.24, 2.45) is 7.05 Å². The zero-order chi connectivity index (χ0) is 22.1. The van der Waals surface area contributed by atoms with Crippen LogP contribution in [0.15, 0.2) is 70.4 Å². The maximum absolute atomic E-state index is 13.1. The molecule has 0 aliphatic heterocycles. The van der Waals surface area contributed by atoms with Crippen LogP contribution in [0, 0.1) is 0 Å². The van der Waals surface area contributed by atoms with Gasteiger partial charge in [-0.1, -0.05) is 24.3 Å². The van der Waals surface area contributed by atoms with Gasteiger partial charge in [0.15, 0.2) is 0 Å². The van der Waals surface area contributed by atoms with Crippen molar-refractivity contribution in [1.29, 1.82) is 0 Å². The first-order chi connectivity index (χ1) is 14.8. The van der Waals surface area contributed by atoms with E-state index in [-0.39, 0.29) is 22.5 Å². The second kappa shape index (κ2) is 7.79. The van der Waals surface area contributed by atoms with Gasteiger partial charge in [0.05, 0.1) is 16.8 Å². The van der Waals surface area contributed by atoms with E-state index in [0.717, 1.165) is 4.57 Å². The van der Waals surface area contributed by atoms with Crippen LogP contribution in [0.1, 0.15) is 17.3 Å². The van der Waals surface area contributed by atoms with Gasteiger partial charge in [0.25, 0.3) is 11.5 Å². The summed E-state index contributed by atoms with van der Waals surface area (Å²) < 4.78 is 2.54. The highest BCUT2D eigenvalue weighted by atomic mass is 16.2. The number of benzene rings is 2. The fourth-order valence-electron chi connectivity index (χ4n) is 3.43. The van der Waals surface area contributed by atoms with Gasteiger partial charge in [-0.3, -0.25) is 14.4 Å². The zero-order valence-corrected chi connectivity index (χ0v) is 16.8. The molecule has 0 aliphatic carbocycles. The molecule has 0 aliphatic rings. The molecular formula is C22H19N5O4. The average Bonchev–Trinajstić information content (AvgIpc) is 3.05. The summed E-state index contributed by atoms with van der Waals surface area (Å²) in [6, 6.07) is 15.2. The fraction of sp³-hybridized carbons (Fsp3) is 0.0909. The van der Waals surface area contributed by atoms with Gasteiger partial charge in [-0.15, -0.1) is 0 Å². The van der Waals surface area contributed by atoms with Crippen molar-refractivity contribution in [2.75, 3.05) is 10.6 Å². The normalized spacial score (nSPS) is 10.8. The number of nitrogens with one attached hydrogen (secondary N) is 3. The largest absolute Gasteiger partial charge is 0.344 e. The van der Waals surface area contributed by atoms with Crippen molar-refractivity contribution >= 4 is 34.2 Å². The van der Waals surface area contributed by atoms with E-state index < -0.39 is 17.2 Å². The van der Waals surface area contributed by atoms with Crippen LogP contribution < -0.4 is 21.9 Å². The lowest BCUT2D eigenvalue weighted by atomic mass is 10.2. The number of fused-ring (bicyclic) bond motifs is 1. The van der Waals surface area contributed by atoms with Gasteiger partial charge >= 0.3 is 5.69 Å². The molecular weight excluding hydrogens is 398 g/mol. The Morgan fingerprint density at radius 1 is 0.935 bits per heavy atom. The molecule has 0 fully saturated rings. The first-order valence-electron chi connectivity index (χ1n) is 9.44. The summed E-state index contributed by atoms with van der Waals surface area (Å²) in [7, 11) is 1.63. The molecule has 0 spiro atoms. The average molecular weight is 417 g/mol. The van der Waals surface area contributed by atoms with Gasteiger partial charge in [0.2, 0.25) is 5.91 Å². The number of hydrogen-bond acceptors (Lipinski definition) is 4. The van der Waals surface area contributed by atoms with Gasteiger partial charge in [-0.05, 0) is 30.3 Å². The predicted octanol–water partition coefficient (Wildman–Crippen LogP) is 2.23. The molecule has 31 heavy (non-hydrogen) atoms. The minimum Gasteiger partial charge on any atom is -0.344 e. The minimum absolute atomic E-state index is 0.150. The van der Waals surface area contributed by atoms with Crippen LogP contribution in [-0.4, -0.2) is 25.9 Å². The standard InChI is InChI=1S/C22H19N5O4/c1-13(28)23-14-7-6-8-15(11-14)24-20(29)17-12-26(2)19-18(17)25-22(31)27(21(19)30)16-9-4-3-5-10-16/h3-12H,1-2H3,(H,23,28)(H,24,29)(H,25,31). The molecule has 2 amide bonds. The summed E-state index contributed by atoms with van der Waals surface area (Å²) in [5.41, 5.74) is 0.738. The number of para-hydroxylation sites is 1. The summed E-state index contributed by atoms with van der Waals surface area (Å²) in [4.78, 5) is 52.5. The van der Waals surface area contributed by atoms with Crippen LogP contribution in [0.4, 0.5) is 11.4 Å². The molecule has 0 bridgehead atoms. The highest BCUT2D eigenvalue weighted by Crippen LogP contribution is 2.19. The number of H-pyrrole nitrogens is 1. The number of amides is 2. The number of nitrogens with zero attached hydrogens (tertiary/aromatic N) is 2. The highest BCUT2D eigenvalue weighted by molar-refractivity contribution is 6.12. The molecule has 2 aromatic carbocycles. The van der Waals surface area contributed by atoms with Crippen molar-refractivity contribution < 1.29 is 9.59 Å². The maximum Gasteiger partial charge on any atom is 0.333 e. The smallest absolute Gasteiger partial charge is 0.333 e. The monoisotopic (exact) mass is 417 g/mol. The van der Waals surface area contributed by atoms with E-state index in [2.05, 4.69) is 15.6 Å². The van der Waals surface area contributed by atoms with E-state index in [4.69, 9.17) is 0 Å². The quantitative estimate of drug-likeness (QED) is 0.472. The van der Waals surface area contributed by atoms with E-state index in [0.29, 0.717) is 17.1 Å². The van der Waals surface area contributed by atoms with Gasteiger partial charge < -0.3 is 20.2 Å². The van der Waals surface area contributed by atoms with Crippen molar-refractivity contribution in [2.45, 2.75) is 6.92 Å². The topological polar surface area (TPSA) is 118 Å². The summed E-state index contributed by atoms with van der Waals surface area (Å²) in [5.74, 6) is -0.733. The Balaban J connectivity index is 1.76. The van der Waals surface area contributed by atoms with Crippen LogP contribution in [-0.2, 0) is 11.8 Å². The minimum atomic E-state index is -0.642. The Bertz CT molecular complexity index is 1430. The third kappa shape index (κ3) is 3.76. The summed E-state index contributed by atoms with van der Waals surface area (Å²) in [6.45, 7) is 1.39. The van der Waals surface area contributed by atoms with E-state index in [9.17, 15) is 19.2 Å². The van der Waals surface area contributed by atoms with Crippen molar-refractivity contribution in [3.05, 3.63) is 87.2 Å². The van der Waals surface area contributed by atoms with Crippen LogP contribution >= 0.6 is 0 Å². The Morgan fingerprint density at radius 3 is 2.29 bits per heavy atom. The van der Waals surface area contributed by atoms with Gasteiger partial charge in [-0.2, -0.15) is 0 Å². The predicted molar refractivity (Wildman–Crippen MR) is 118 cm³/mol. The first kappa shape index (κ1) is 19.9. The molecule has 9 nitrogen and oxygen atoms in total. The van der Waals surface area contributed by atoms with Gasteiger partial charge in [-0.25, -0.2) is 9.36 Å². The maximum atomic E-state index is 13.1. The summed E-state index contributed by atoms with van der Waals surface area (Å²) in [5, 5.41) is 5.37. The second-order valence-electron chi connectivity index (χ2n) is 7.00. The number of hydrogen-bond donors (Lipinski definition) is 3. The van der Waals surface area contributed by atoms with Crippen LogP contribution in [0.5, 0.6) is 0 Å². The molecule has 9 heteroatoms. The Labute approximate surface area is 176 Å². The number of aromatic nitrogens is 3. The molecule has 0 saturated carbocycles. The molecule has 4 rings (SSSR count). The summed E-state index contributed by atoms with van der Waals surface area (Å²) in [6.07, 6.45) is 1.49. The SMILES string of the molecule is CC(=O)Nc1cccc(NC(=O)c2cn(C)c3c(=O)n(-c4ccccc4)c(=O)[nH]c23)c1. The first-order valence-corrected chi connectivity index (χ1v) is 9.44. The van der Waals surface area contributed by atoms with E-state index in [1.165, 1.54) is 17.7 Å². The van der Waals surface area contributed by atoms with Crippen molar-refractivity contribution in [3.8, 4) is 5.69 Å². The molecule has 3 N–H and O–H groups in total. The van der Waals surface area contributed by atoms with Crippen LogP contribution in [0.25, 0.3) is 16.7 Å². The molecule has 4 aromatic rings.